The van der Waals surface area contributed by atoms with Crippen LogP contribution in [-0.4, -0.2) is 27.8 Å². The summed E-state index contributed by atoms with van der Waals surface area (Å²) >= 11 is 0. The lowest BCUT2D eigenvalue weighted by molar-refractivity contribution is 0.236. The van der Waals surface area contributed by atoms with Crippen LogP contribution < -0.4 is 10.6 Å². The van der Waals surface area contributed by atoms with Crippen LogP contribution in [0.4, 0.5) is 4.79 Å². The van der Waals surface area contributed by atoms with Crippen molar-refractivity contribution in [2.24, 2.45) is 0 Å². The molecule has 128 valence electrons. The standard InChI is InChI=1S/C18H25N5O/c1-12(16-20-11-21-23-16)22-17(24)19-10-13-8-9-18(2,3)15-7-5-4-6-14(13)15/h4-7,11-13H,8-10H2,1-3H3,(H2,19,22,24)(H,20,21,23). The third kappa shape index (κ3) is 3.42. The van der Waals surface area contributed by atoms with Crippen LogP contribution in [0.2, 0.25) is 0 Å². The maximum atomic E-state index is 12.1. The first-order valence-electron chi connectivity index (χ1n) is 8.46. The molecule has 0 aliphatic heterocycles. The maximum Gasteiger partial charge on any atom is 0.315 e. The quantitative estimate of drug-likeness (QED) is 0.807. The molecule has 1 heterocycles. The molecular weight excluding hydrogens is 302 g/mol. The van der Waals surface area contributed by atoms with Gasteiger partial charge in [0.1, 0.15) is 12.2 Å². The van der Waals surface area contributed by atoms with Crippen molar-refractivity contribution in [1.82, 2.24) is 25.8 Å². The van der Waals surface area contributed by atoms with Crippen LogP contribution in [0.15, 0.2) is 30.6 Å². The van der Waals surface area contributed by atoms with E-state index in [1.165, 1.54) is 17.5 Å². The molecule has 24 heavy (non-hydrogen) atoms. The van der Waals surface area contributed by atoms with Crippen molar-refractivity contribution in [3.63, 3.8) is 0 Å². The Morgan fingerprint density at radius 1 is 1.42 bits per heavy atom. The van der Waals surface area contributed by atoms with Gasteiger partial charge in [-0.3, -0.25) is 5.10 Å². The fraction of sp³-hybridized carbons (Fsp3) is 0.500. The molecule has 2 atom stereocenters. The Morgan fingerprint density at radius 3 is 2.96 bits per heavy atom. The van der Waals surface area contributed by atoms with Gasteiger partial charge in [-0.15, -0.1) is 0 Å². The van der Waals surface area contributed by atoms with Crippen molar-refractivity contribution >= 4 is 6.03 Å². The lowest BCUT2D eigenvalue weighted by atomic mass is 9.69. The van der Waals surface area contributed by atoms with E-state index in [1.807, 2.05) is 6.92 Å². The summed E-state index contributed by atoms with van der Waals surface area (Å²) in [4.78, 5) is 16.2. The number of hydrogen-bond donors (Lipinski definition) is 3. The van der Waals surface area contributed by atoms with E-state index >= 15 is 0 Å². The largest absolute Gasteiger partial charge is 0.338 e. The molecule has 0 radical (unpaired) electrons. The van der Waals surface area contributed by atoms with Gasteiger partial charge in [0.15, 0.2) is 0 Å². The van der Waals surface area contributed by atoms with Gasteiger partial charge in [-0.2, -0.15) is 5.10 Å². The number of amides is 2. The normalized spacial score (nSPS) is 20.0. The van der Waals surface area contributed by atoms with Gasteiger partial charge >= 0.3 is 6.03 Å². The van der Waals surface area contributed by atoms with Gasteiger partial charge in [-0.05, 0) is 36.3 Å². The summed E-state index contributed by atoms with van der Waals surface area (Å²) < 4.78 is 0. The first-order chi connectivity index (χ1) is 11.5. The highest BCUT2D eigenvalue weighted by atomic mass is 16.2. The van der Waals surface area contributed by atoms with Crippen LogP contribution in [-0.2, 0) is 5.41 Å². The molecule has 0 fully saturated rings. The summed E-state index contributed by atoms with van der Waals surface area (Å²) in [5.41, 5.74) is 2.96. The van der Waals surface area contributed by atoms with E-state index in [4.69, 9.17) is 0 Å². The summed E-state index contributed by atoms with van der Waals surface area (Å²) in [5.74, 6) is 1.01. The van der Waals surface area contributed by atoms with Gasteiger partial charge in [0.25, 0.3) is 0 Å². The highest BCUT2D eigenvalue weighted by molar-refractivity contribution is 5.74. The van der Waals surface area contributed by atoms with Crippen molar-refractivity contribution in [3.8, 4) is 0 Å². The highest BCUT2D eigenvalue weighted by Gasteiger charge is 2.32. The Balaban J connectivity index is 1.60. The smallest absolute Gasteiger partial charge is 0.315 e. The Labute approximate surface area is 142 Å². The second kappa shape index (κ2) is 6.63. The van der Waals surface area contributed by atoms with Gasteiger partial charge in [-0.25, -0.2) is 9.78 Å². The molecule has 2 aromatic rings. The third-order valence-corrected chi connectivity index (χ3v) is 4.95. The second-order valence-corrected chi connectivity index (χ2v) is 7.15. The van der Waals surface area contributed by atoms with Gasteiger partial charge in [0.05, 0.1) is 6.04 Å². The molecule has 6 heteroatoms. The predicted octanol–water partition coefficient (Wildman–Crippen LogP) is 3.02. The molecule has 2 amide bonds. The molecule has 3 N–H and O–H groups in total. The molecule has 3 rings (SSSR count). The molecule has 6 nitrogen and oxygen atoms in total. The third-order valence-electron chi connectivity index (χ3n) is 4.95. The number of aromatic amines is 1. The lowest BCUT2D eigenvalue weighted by Gasteiger charge is -2.37. The molecule has 1 aromatic carbocycles. The zero-order valence-corrected chi connectivity index (χ0v) is 14.5. The molecule has 2 unspecified atom stereocenters. The Morgan fingerprint density at radius 2 is 2.21 bits per heavy atom. The van der Waals surface area contributed by atoms with Crippen molar-refractivity contribution in [1.29, 1.82) is 0 Å². The molecular formula is C18H25N5O. The van der Waals surface area contributed by atoms with Crippen molar-refractivity contribution in [3.05, 3.63) is 47.5 Å². The minimum absolute atomic E-state index is 0.179. The van der Waals surface area contributed by atoms with Crippen molar-refractivity contribution < 1.29 is 4.79 Å². The molecule has 0 saturated heterocycles. The number of nitrogens with one attached hydrogen (secondary N) is 3. The number of carbonyl (C=O) groups excluding carboxylic acids is 1. The molecule has 1 aromatic heterocycles. The van der Waals surface area contributed by atoms with E-state index in [2.05, 4.69) is 63.9 Å². The van der Waals surface area contributed by atoms with E-state index in [-0.39, 0.29) is 17.5 Å². The summed E-state index contributed by atoms with van der Waals surface area (Å²) in [6.07, 6.45) is 3.65. The molecule has 0 spiro atoms. The van der Waals surface area contributed by atoms with Crippen LogP contribution in [0, 0.1) is 0 Å². The molecule has 1 aliphatic carbocycles. The monoisotopic (exact) mass is 327 g/mol. The van der Waals surface area contributed by atoms with Crippen LogP contribution in [0.25, 0.3) is 0 Å². The Hall–Kier alpha value is -2.37. The first kappa shape index (κ1) is 16.5. The number of H-pyrrole nitrogens is 1. The number of nitrogens with zero attached hydrogens (tertiary/aromatic N) is 2. The number of carbonyl (C=O) groups is 1. The van der Waals surface area contributed by atoms with E-state index < -0.39 is 0 Å². The number of rotatable bonds is 4. The van der Waals surface area contributed by atoms with E-state index in [0.717, 1.165) is 12.8 Å². The first-order valence-corrected chi connectivity index (χ1v) is 8.46. The van der Waals surface area contributed by atoms with Crippen LogP contribution in [0.5, 0.6) is 0 Å². The number of hydrogen-bond acceptors (Lipinski definition) is 3. The zero-order chi connectivity index (χ0) is 17.2. The maximum absolute atomic E-state index is 12.1. The van der Waals surface area contributed by atoms with Crippen LogP contribution in [0.1, 0.15) is 62.5 Å². The fourth-order valence-electron chi connectivity index (χ4n) is 3.46. The predicted molar refractivity (Wildman–Crippen MR) is 92.8 cm³/mol. The summed E-state index contributed by atoms with van der Waals surface area (Å²) in [5, 5.41) is 12.4. The minimum atomic E-state index is -0.204. The van der Waals surface area contributed by atoms with E-state index in [1.54, 1.807) is 0 Å². The second-order valence-electron chi connectivity index (χ2n) is 7.15. The fourth-order valence-corrected chi connectivity index (χ4v) is 3.46. The van der Waals surface area contributed by atoms with Gasteiger partial charge < -0.3 is 10.6 Å². The van der Waals surface area contributed by atoms with Crippen LogP contribution in [0.3, 0.4) is 0 Å². The van der Waals surface area contributed by atoms with E-state index in [0.29, 0.717) is 18.3 Å². The topological polar surface area (TPSA) is 82.7 Å². The summed E-state index contributed by atoms with van der Waals surface area (Å²) in [7, 11) is 0. The average molecular weight is 327 g/mol. The zero-order valence-electron chi connectivity index (χ0n) is 14.5. The number of urea groups is 1. The molecule has 0 saturated carbocycles. The van der Waals surface area contributed by atoms with Crippen molar-refractivity contribution in [2.75, 3.05) is 6.54 Å². The van der Waals surface area contributed by atoms with Gasteiger partial charge in [0.2, 0.25) is 0 Å². The number of aromatic nitrogens is 3. The Bertz CT molecular complexity index is 695. The van der Waals surface area contributed by atoms with E-state index in [9.17, 15) is 4.79 Å². The SMILES string of the molecule is CC(NC(=O)NCC1CCC(C)(C)c2ccccc21)c1ncn[nH]1. The average Bonchev–Trinajstić information content (AvgIpc) is 3.09. The number of fused-ring (bicyclic) bond motifs is 1. The van der Waals surface area contributed by atoms with Crippen molar-refractivity contribution in [2.45, 2.75) is 51.0 Å². The molecule has 1 aliphatic rings. The Kier molecular flexibility index (Phi) is 4.55. The number of benzene rings is 1. The summed E-state index contributed by atoms with van der Waals surface area (Å²) in [6, 6.07) is 8.21. The van der Waals surface area contributed by atoms with Crippen LogP contribution >= 0.6 is 0 Å². The highest BCUT2D eigenvalue weighted by Crippen LogP contribution is 2.42. The molecule has 0 bridgehead atoms. The van der Waals surface area contributed by atoms with Gasteiger partial charge in [-0.1, -0.05) is 38.1 Å². The summed E-state index contributed by atoms with van der Waals surface area (Å²) in [6.45, 7) is 7.10. The lowest BCUT2D eigenvalue weighted by Crippen LogP contribution is -2.40. The minimum Gasteiger partial charge on any atom is -0.338 e. The van der Waals surface area contributed by atoms with Gasteiger partial charge in [0, 0.05) is 12.5 Å².